The van der Waals surface area contributed by atoms with Gasteiger partial charge in [0.1, 0.15) is 5.82 Å². The van der Waals surface area contributed by atoms with Gasteiger partial charge in [0.05, 0.1) is 33.1 Å². The number of ether oxygens (including phenoxy) is 3. The van der Waals surface area contributed by atoms with E-state index in [1.165, 1.54) is 18.4 Å². The summed E-state index contributed by atoms with van der Waals surface area (Å²) in [6.45, 7) is 3.65. The first-order valence-corrected chi connectivity index (χ1v) is 10.2. The molecule has 0 saturated carbocycles. The average molecular weight is 431 g/mol. The fraction of sp³-hybridized carbons (Fsp3) is 0.368. The monoisotopic (exact) mass is 431 g/mol. The Labute approximate surface area is 176 Å². The van der Waals surface area contributed by atoms with E-state index in [-0.39, 0.29) is 17.7 Å². The average Bonchev–Trinajstić information content (AvgIpc) is 3.39. The molecule has 4 rings (SSSR count). The number of furan rings is 1. The van der Waals surface area contributed by atoms with Crippen LogP contribution in [0.2, 0.25) is 0 Å². The highest BCUT2D eigenvalue weighted by atomic mass is 32.1. The van der Waals surface area contributed by atoms with E-state index in [0.29, 0.717) is 35.9 Å². The zero-order chi connectivity index (χ0) is 21.1. The first-order chi connectivity index (χ1) is 14.6. The first-order valence-electron chi connectivity index (χ1n) is 9.34. The summed E-state index contributed by atoms with van der Waals surface area (Å²) in [7, 11) is 3.07. The number of fused-ring (bicyclic) bond motifs is 1. The van der Waals surface area contributed by atoms with Gasteiger partial charge in [-0.3, -0.25) is 10.1 Å². The summed E-state index contributed by atoms with van der Waals surface area (Å²) < 4.78 is 21.0. The van der Waals surface area contributed by atoms with Crippen LogP contribution in [0.3, 0.4) is 0 Å². The minimum atomic E-state index is -0.367. The van der Waals surface area contributed by atoms with E-state index in [2.05, 4.69) is 25.2 Å². The lowest BCUT2D eigenvalue weighted by Crippen LogP contribution is -2.30. The molecule has 1 aliphatic rings. The van der Waals surface area contributed by atoms with Crippen molar-refractivity contribution in [2.24, 2.45) is 0 Å². The molecular formula is C19H21N5O5S. The lowest BCUT2D eigenvalue weighted by molar-refractivity contribution is 0.0988. The van der Waals surface area contributed by atoms with Crippen molar-refractivity contribution in [3.05, 3.63) is 34.5 Å². The number of thiazole rings is 1. The lowest BCUT2D eigenvalue weighted by Gasteiger charge is -2.27. The van der Waals surface area contributed by atoms with Crippen LogP contribution in [0.25, 0.3) is 0 Å². The molecule has 0 saturated heterocycles. The Morgan fingerprint density at radius 2 is 2.13 bits per heavy atom. The van der Waals surface area contributed by atoms with Crippen molar-refractivity contribution in [3.8, 4) is 17.8 Å². The Bertz CT molecular complexity index is 1030. The molecule has 30 heavy (non-hydrogen) atoms. The molecule has 0 fully saturated rings. The van der Waals surface area contributed by atoms with Gasteiger partial charge in [-0.25, -0.2) is 4.98 Å². The van der Waals surface area contributed by atoms with Gasteiger partial charge in [-0.2, -0.15) is 9.97 Å². The number of nitrogens with one attached hydrogen (secondary N) is 1. The Balaban J connectivity index is 1.47. The standard InChI is InChI=1S/C19H21N5O5S/c1-4-28-16-6-5-12(29-16)17(25)23-19-20-11-7-8-24(10-13(11)30-19)14-9-15(26-2)22-18(21-14)27-3/h5-6,9H,4,7-8,10H2,1-3H3,(H,20,23,25). The number of anilines is 2. The molecule has 11 heteroatoms. The predicted molar refractivity (Wildman–Crippen MR) is 110 cm³/mol. The van der Waals surface area contributed by atoms with Gasteiger partial charge in [-0.1, -0.05) is 11.3 Å². The lowest BCUT2D eigenvalue weighted by atomic mass is 10.2. The van der Waals surface area contributed by atoms with Gasteiger partial charge < -0.3 is 23.5 Å². The van der Waals surface area contributed by atoms with Crippen molar-refractivity contribution in [2.75, 3.05) is 37.6 Å². The Morgan fingerprint density at radius 1 is 1.27 bits per heavy atom. The first kappa shape index (κ1) is 20.0. The van der Waals surface area contributed by atoms with E-state index < -0.39 is 0 Å². The van der Waals surface area contributed by atoms with Gasteiger partial charge in [0.15, 0.2) is 10.9 Å². The molecule has 0 atom stereocenters. The molecule has 1 N–H and O–H groups in total. The summed E-state index contributed by atoms with van der Waals surface area (Å²) >= 11 is 1.43. The van der Waals surface area contributed by atoms with E-state index >= 15 is 0 Å². The van der Waals surface area contributed by atoms with Crippen LogP contribution in [0.1, 0.15) is 28.0 Å². The number of methoxy groups -OCH3 is 2. The van der Waals surface area contributed by atoms with Crippen LogP contribution in [-0.4, -0.2) is 48.2 Å². The van der Waals surface area contributed by atoms with Gasteiger partial charge in [0.2, 0.25) is 5.88 Å². The third-order valence-electron chi connectivity index (χ3n) is 4.43. The van der Waals surface area contributed by atoms with Crippen molar-refractivity contribution < 1.29 is 23.4 Å². The molecule has 0 radical (unpaired) electrons. The van der Waals surface area contributed by atoms with Crippen LogP contribution in [-0.2, 0) is 13.0 Å². The smallest absolute Gasteiger partial charge is 0.321 e. The van der Waals surface area contributed by atoms with Crippen molar-refractivity contribution in [1.29, 1.82) is 0 Å². The summed E-state index contributed by atoms with van der Waals surface area (Å²) in [6, 6.07) is 5.21. The summed E-state index contributed by atoms with van der Waals surface area (Å²) in [5, 5.41) is 3.32. The van der Waals surface area contributed by atoms with Crippen molar-refractivity contribution in [1.82, 2.24) is 15.0 Å². The molecule has 0 aliphatic carbocycles. The van der Waals surface area contributed by atoms with Crippen molar-refractivity contribution in [3.63, 3.8) is 0 Å². The highest BCUT2D eigenvalue weighted by Gasteiger charge is 2.24. The molecule has 1 aliphatic heterocycles. The fourth-order valence-corrected chi connectivity index (χ4v) is 4.03. The molecule has 0 bridgehead atoms. The predicted octanol–water partition coefficient (Wildman–Crippen LogP) is 2.76. The largest absolute Gasteiger partial charge is 0.481 e. The quantitative estimate of drug-likeness (QED) is 0.603. The number of amides is 1. The van der Waals surface area contributed by atoms with Crippen LogP contribution in [0.4, 0.5) is 10.9 Å². The summed E-state index contributed by atoms with van der Waals surface area (Å²) in [4.78, 5) is 28.7. The second kappa shape index (κ2) is 8.57. The number of hydrogen-bond acceptors (Lipinski definition) is 10. The number of nitrogens with zero attached hydrogens (tertiary/aromatic N) is 4. The van der Waals surface area contributed by atoms with Crippen LogP contribution >= 0.6 is 11.3 Å². The van der Waals surface area contributed by atoms with Gasteiger partial charge in [0, 0.05) is 30.0 Å². The number of rotatable bonds is 7. The Morgan fingerprint density at radius 3 is 2.90 bits per heavy atom. The summed E-state index contributed by atoms with van der Waals surface area (Å²) in [5.74, 6) is 1.27. The van der Waals surface area contributed by atoms with Gasteiger partial charge in [0.25, 0.3) is 11.9 Å². The molecule has 4 heterocycles. The molecule has 0 spiro atoms. The highest BCUT2D eigenvalue weighted by Crippen LogP contribution is 2.32. The zero-order valence-corrected chi connectivity index (χ0v) is 17.6. The van der Waals surface area contributed by atoms with E-state index in [4.69, 9.17) is 18.6 Å². The van der Waals surface area contributed by atoms with E-state index in [0.717, 1.165) is 23.5 Å². The molecule has 158 valence electrons. The van der Waals surface area contributed by atoms with Crippen LogP contribution in [0, 0.1) is 0 Å². The van der Waals surface area contributed by atoms with Gasteiger partial charge in [-0.05, 0) is 13.0 Å². The van der Waals surface area contributed by atoms with Crippen molar-refractivity contribution >= 4 is 28.2 Å². The number of hydrogen-bond donors (Lipinski definition) is 1. The van der Waals surface area contributed by atoms with Crippen molar-refractivity contribution in [2.45, 2.75) is 19.9 Å². The van der Waals surface area contributed by atoms with Crippen LogP contribution < -0.4 is 24.4 Å². The molecular weight excluding hydrogens is 410 g/mol. The number of carbonyl (C=O) groups excluding carboxylic acids is 1. The normalized spacial score (nSPS) is 13.0. The molecule has 0 aromatic carbocycles. The number of carbonyl (C=O) groups is 1. The third-order valence-corrected chi connectivity index (χ3v) is 5.43. The number of aromatic nitrogens is 3. The molecule has 0 unspecified atom stereocenters. The Kier molecular flexibility index (Phi) is 5.70. The van der Waals surface area contributed by atoms with E-state index in [9.17, 15) is 4.79 Å². The second-order valence-electron chi connectivity index (χ2n) is 6.32. The zero-order valence-electron chi connectivity index (χ0n) is 16.8. The summed E-state index contributed by atoms with van der Waals surface area (Å²) in [5.41, 5.74) is 0.967. The van der Waals surface area contributed by atoms with Gasteiger partial charge >= 0.3 is 6.01 Å². The maximum Gasteiger partial charge on any atom is 0.321 e. The molecule has 10 nitrogen and oxygen atoms in total. The maximum atomic E-state index is 12.4. The highest BCUT2D eigenvalue weighted by molar-refractivity contribution is 7.15. The van der Waals surface area contributed by atoms with E-state index in [1.807, 2.05) is 6.92 Å². The topological polar surface area (TPSA) is 112 Å². The second-order valence-corrected chi connectivity index (χ2v) is 7.41. The van der Waals surface area contributed by atoms with Gasteiger partial charge in [-0.15, -0.1) is 0 Å². The minimum Gasteiger partial charge on any atom is -0.481 e. The van der Waals surface area contributed by atoms with Crippen LogP contribution in [0.15, 0.2) is 22.6 Å². The third kappa shape index (κ3) is 4.15. The maximum absolute atomic E-state index is 12.4. The fourth-order valence-electron chi connectivity index (χ4n) is 3.02. The van der Waals surface area contributed by atoms with E-state index in [1.54, 1.807) is 25.3 Å². The SMILES string of the molecule is CCOc1ccc(C(=O)Nc2nc3c(s2)CN(c2cc(OC)nc(OC)n2)CC3)o1. The molecule has 3 aromatic heterocycles. The van der Waals surface area contributed by atoms with Crippen LogP contribution in [0.5, 0.6) is 17.8 Å². The summed E-state index contributed by atoms with van der Waals surface area (Å²) in [6.07, 6.45) is 0.728. The Hall–Kier alpha value is -3.34. The molecule has 1 amide bonds. The minimum absolute atomic E-state index is 0.174. The molecule has 3 aromatic rings.